The summed E-state index contributed by atoms with van der Waals surface area (Å²) in [5, 5.41) is 0. The average molecular weight is 622 g/mol. The Kier molecular flexibility index (Phi) is 12.8. The van der Waals surface area contributed by atoms with E-state index in [-0.39, 0.29) is 0 Å². The SMILES string of the molecule is COC(=O)C1OC(OC(C)=O)C(OC(C)=O)C(OC(C)=O)C1OC1OC(COC(C)=O)C(OC(C)=O)C(OC(C)=O)C1N. The molecule has 0 radical (unpaired) electrons. The molecule has 0 aromatic rings. The Morgan fingerprint density at radius 3 is 1.56 bits per heavy atom. The van der Waals surface area contributed by atoms with Gasteiger partial charge in [-0.05, 0) is 0 Å². The number of carbonyl (C=O) groups is 7. The summed E-state index contributed by atoms with van der Waals surface area (Å²) < 4.78 is 53.6. The van der Waals surface area contributed by atoms with Gasteiger partial charge in [0.15, 0.2) is 30.7 Å². The second-order valence-corrected chi connectivity index (χ2v) is 9.38. The fraction of sp³-hybridized carbons (Fsp3) is 0.720. The highest BCUT2D eigenvalue weighted by atomic mass is 16.8. The van der Waals surface area contributed by atoms with E-state index >= 15 is 0 Å². The molecule has 0 bridgehead atoms. The van der Waals surface area contributed by atoms with Gasteiger partial charge >= 0.3 is 41.8 Å². The Labute approximate surface area is 245 Å². The number of carbonyl (C=O) groups excluding carboxylic acids is 7. The Bertz CT molecular complexity index is 1080. The fourth-order valence-corrected chi connectivity index (χ4v) is 4.38. The highest BCUT2D eigenvalue weighted by molar-refractivity contribution is 5.76. The predicted octanol–water partition coefficient (Wildman–Crippen LogP) is -1.83. The van der Waals surface area contributed by atoms with Gasteiger partial charge in [-0.1, -0.05) is 0 Å². The molecular weight excluding hydrogens is 586 g/mol. The third-order valence-electron chi connectivity index (χ3n) is 5.85. The molecule has 0 saturated carbocycles. The van der Waals surface area contributed by atoms with Crippen molar-refractivity contribution in [2.24, 2.45) is 5.73 Å². The van der Waals surface area contributed by atoms with Crippen molar-refractivity contribution in [3.05, 3.63) is 0 Å². The quantitative estimate of drug-likeness (QED) is 0.208. The van der Waals surface area contributed by atoms with Crippen LogP contribution in [0, 0.1) is 0 Å². The van der Waals surface area contributed by atoms with E-state index in [2.05, 4.69) is 0 Å². The summed E-state index contributed by atoms with van der Waals surface area (Å²) >= 11 is 0. The van der Waals surface area contributed by atoms with Crippen LogP contribution in [-0.2, 0) is 80.9 Å². The molecule has 2 aliphatic rings. The Balaban J connectivity index is 2.61. The smallest absolute Gasteiger partial charge is 0.338 e. The van der Waals surface area contributed by atoms with Crippen LogP contribution in [0.25, 0.3) is 0 Å². The average Bonchev–Trinajstić information content (AvgIpc) is 2.88. The molecular formula is C25H35NO17. The molecule has 0 aromatic carbocycles. The molecule has 43 heavy (non-hydrogen) atoms. The maximum atomic E-state index is 12.8. The van der Waals surface area contributed by atoms with Gasteiger partial charge in [-0.15, -0.1) is 0 Å². The molecule has 18 heteroatoms. The molecule has 2 saturated heterocycles. The molecule has 2 fully saturated rings. The topological polar surface area (TPSA) is 238 Å². The lowest BCUT2D eigenvalue weighted by Crippen LogP contribution is -2.68. The van der Waals surface area contributed by atoms with Crippen molar-refractivity contribution >= 4 is 41.8 Å². The summed E-state index contributed by atoms with van der Waals surface area (Å²) in [4.78, 5) is 84.1. The molecule has 0 spiro atoms. The molecule has 242 valence electrons. The molecule has 0 aromatic heterocycles. The zero-order chi connectivity index (χ0) is 32.6. The van der Waals surface area contributed by atoms with Crippen LogP contribution in [0.1, 0.15) is 41.5 Å². The van der Waals surface area contributed by atoms with E-state index < -0.39 is 110 Å². The number of nitrogens with two attached hydrogens (primary N) is 1. The lowest BCUT2D eigenvalue weighted by molar-refractivity contribution is -0.337. The first-order valence-corrected chi connectivity index (χ1v) is 12.8. The largest absolute Gasteiger partial charge is 0.467 e. The van der Waals surface area contributed by atoms with E-state index in [1.807, 2.05) is 0 Å². The molecule has 10 unspecified atom stereocenters. The number of ether oxygens (including phenoxy) is 10. The Morgan fingerprint density at radius 1 is 0.581 bits per heavy atom. The minimum absolute atomic E-state index is 0.531. The van der Waals surface area contributed by atoms with Gasteiger partial charge in [0.05, 0.1) is 13.2 Å². The van der Waals surface area contributed by atoms with Crippen molar-refractivity contribution in [3.8, 4) is 0 Å². The van der Waals surface area contributed by atoms with Gasteiger partial charge in [-0.25, -0.2) is 4.79 Å². The highest BCUT2D eigenvalue weighted by Gasteiger charge is 2.58. The Morgan fingerprint density at radius 2 is 1.07 bits per heavy atom. The summed E-state index contributed by atoms with van der Waals surface area (Å²) in [5.41, 5.74) is 6.34. The highest BCUT2D eigenvalue weighted by Crippen LogP contribution is 2.34. The second-order valence-electron chi connectivity index (χ2n) is 9.38. The van der Waals surface area contributed by atoms with Crippen LogP contribution in [-0.4, -0.2) is 117 Å². The normalized spacial score (nSPS) is 31.9. The van der Waals surface area contributed by atoms with Gasteiger partial charge in [0.25, 0.3) is 0 Å². The molecule has 2 rings (SSSR count). The van der Waals surface area contributed by atoms with Crippen molar-refractivity contribution in [1.29, 1.82) is 0 Å². The van der Waals surface area contributed by atoms with Gasteiger partial charge in [0.2, 0.25) is 12.4 Å². The number of hydrogen-bond acceptors (Lipinski definition) is 18. The van der Waals surface area contributed by atoms with Gasteiger partial charge in [-0.2, -0.15) is 0 Å². The molecule has 2 heterocycles. The maximum Gasteiger partial charge on any atom is 0.338 e. The number of hydrogen-bond donors (Lipinski definition) is 1. The van der Waals surface area contributed by atoms with Gasteiger partial charge in [0.1, 0.15) is 18.8 Å². The minimum Gasteiger partial charge on any atom is -0.467 e. The van der Waals surface area contributed by atoms with Crippen LogP contribution in [0.15, 0.2) is 0 Å². The third-order valence-corrected chi connectivity index (χ3v) is 5.85. The van der Waals surface area contributed by atoms with Crippen molar-refractivity contribution in [2.45, 2.75) is 103 Å². The monoisotopic (exact) mass is 621 g/mol. The molecule has 0 aliphatic carbocycles. The van der Waals surface area contributed by atoms with Gasteiger partial charge < -0.3 is 53.1 Å². The minimum atomic E-state index is -1.81. The lowest BCUT2D eigenvalue weighted by Gasteiger charge is -2.47. The van der Waals surface area contributed by atoms with Crippen molar-refractivity contribution in [1.82, 2.24) is 0 Å². The molecule has 2 aliphatic heterocycles. The summed E-state index contributed by atoms with van der Waals surface area (Å²) in [7, 11) is 1.00. The van der Waals surface area contributed by atoms with Crippen molar-refractivity contribution in [3.63, 3.8) is 0 Å². The van der Waals surface area contributed by atoms with E-state index in [0.29, 0.717) is 0 Å². The zero-order valence-electron chi connectivity index (χ0n) is 24.5. The fourth-order valence-electron chi connectivity index (χ4n) is 4.38. The lowest BCUT2D eigenvalue weighted by atomic mass is 9.95. The third kappa shape index (κ3) is 9.84. The summed E-state index contributed by atoms with van der Waals surface area (Å²) in [6, 6.07) is -1.46. The standard InChI is InChI=1S/C25H35NO17/c1-9(27)35-8-15-17(36-10(2)28)18(37-11(3)29)16(26)24(41-15)42-19-20(38-12(4)30)22(39-13(5)31)25(40-14(6)32)43-21(19)23(33)34-7/h15-22,24-25H,8,26H2,1-7H3. The molecule has 0 amide bonds. The van der Waals surface area contributed by atoms with E-state index in [4.69, 9.17) is 53.1 Å². The predicted molar refractivity (Wildman–Crippen MR) is 133 cm³/mol. The van der Waals surface area contributed by atoms with Crippen LogP contribution < -0.4 is 5.73 Å². The molecule has 18 nitrogen and oxygen atoms in total. The molecule has 2 N–H and O–H groups in total. The van der Waals surface area contributed by atoms with E-state index in [0.717, 1.165) is 48.7 Å². The van der Waals surface area contributed by atoms with Gasteiger partial charge in [-0.3, -0.25) is 28.8 Å². The van der Waals surface area contributed by atoms with E-state index in [1.54, 1.807) is 0 Å². The van der Waals surface area contributed by atoms with E-state index in [9.17, 15) is 33.6 Å². The number of rotatable bonds is 10. The van der Waals surface area contributed by atoms with Crippen LogP contribution in [0.2, 0.25) is 0 Å². The van der Waals surface area contributed by atoms with Crippen LogP contribution >= 0.6 is 0 Å². The summed E-state index contributed by atoms with van der Waals surface area (Å²) in [6.45, 7) is 5.73. The first-order valence-electron chi connectivity index (χ1n) is 12.8. The summed E-state index contributed by atoms with van der Waals surface area (Å²) in [6.07, 6.45) is -14.6. The maximum absolute atomic E-state index is 12.8. The van der Waals surface area contributed by atoms with Crippen LogP contribution in [0.3, 0.4) is 0 Å². The van der Waals surface area contributed by atoms with Gasteiger partial charge in [0, 0.05) is 41.5 Å². The second kappa shape index (κ2) is 15.6. The van der Waals surface area contributed by atoms with Crippen LogP contribution in [0.5, 0.6) is 0 Å². The van der Waals surface area contributed by atoms with Crippen molar-refractivity contribution in [2.75, 3.05) is 13.7 Å². The van der Waals surface area contributed by atoms with Crippen LogP contribution in [0.4, 0.5) is 0 Å². The number of methoxy groups -OCH3 is 1. The first-order chi connectivity index (χ1) is 20.0. The molecule has 10 atom stereocenters. The first kappa shape index (κ1) is 35.3. The number of esters is 7. The Hall–Kier alpha value is -3.87. The van der Waals surface area contributed by atoms with E-state index in [1.165, 1.54) is 0 Å². The zero-order valence-corrected chi connectivity index (χ0v) is 24.5. The summed E-state index contributed by atoms with van der Waals surface area (Å²) in [5.74, 6) is -6.23. The van der Waals surface area contributed by atoms with Crippen molar-refractivity contribution < 1.29 is 80.9 Å².